The molecule has 32 heavy (non-hydrogen) atoms. The Bertz CT molecular complexity index is 823. The second-order valence-corrected chi connectivity index (χ2v) is 9.83. The van der Waals surface area contributed by atoms with Gasteiger partial charge in [-0.05, 0) is 25.0 Å². The van der Waals surface area contributed by atoms with Gasteiger partial charge >= 0.3 is 7.60 Å². The number of rotatable bonds is 12. The Morgan fingerprint density at radius 2 is 1.50 bits per heavy atom. The molecule has 0 spiro atoms. The lowest BCUT2D eigenvalue weighted by molar-refractivity contribution is -0.224. The molecule has 1 fully saturated rings. The van der Waals surface area contributed by atoms with Crippen LogP contribution in [-0.2, 0) is 41.0 Å². The first kappa shape index (κ1) is 25.1. The maximum absolute atomic E-state index is 13.6. The van der Waals surface area contributed by atoms with Crippen LogP contribution in [-0.4, -0.2) is 49.1 Å². The van der Waals surface area contributed by atoms with Crippen LogP contribution >= 0.6 is 7.60 Å². The molecular formula is C24H33O7P. The molecule has 8 heteroatoms. The molecule has 1 aliphatic rings. The fraction of sp³-hybridized carbons (Fsp3) is 0.500. The van der Waals surface area contributed by atoms with Gasteiger partial charge in [0.25, 0.3) is 0 Å². The monoisotopic (exact) mass is 464 g/mol. The standard InChI is InChI=1S/C24H33O7P/c1-3-29-32(26,30-4-2)22-15-23(25)31-21(18-27-16-19-11-7-5-8-12-19)24(22)28-17-20-13-9-6-10-14-20/h5-14,21-25H,3-4,15-18H2,1-2H3/t21-,22+,23?,24-/m1/s1. The molecule has 1 unspecified atom stereocenters. The summed E-state index contributed by atoms with van der Waals surface area (Å²) in [5.41, 5.74) is 1.32. The molecule has 0 amide bonds. The van der Waals surface area contributed by atoms with E-state index in [1.54, 1.807) is 13.8 Å². The van der Waals surface area contributed by atoms with E-state index in [0.717, 1.165) is 11.1 Å². The Morgan fingerprint density at radius 3 is 2.06 bits per heavy atom. The predicted molar refractivity (Wildman–Crippen MR) is 121 cm³/mol. The van der Waals surface area contributed by atoms with Crippen molar-refractivity contribution in [2.45, 2.75) is 57.6 Å². The summed E-state index contributed by atoms with van der Waals surface area (Å²) in [7, 11) is -3.56. The highest BCUT2D eigenvalue weighted by molar-refractivity contribution is 7.54. The molecule has 0 aromatic heterocycles. The zero-order chi connectivity index (χ0) is 22.8. The lowest BCUT2D eigenvalue weighted by atomic mass is 10.0. The summed E-state index contributed by atoms with van der Waals surface area (Å²) < 4.78 is 42.8. The molecule has 0 radical (unpaired) electrons. The van der Waals surface area contributed by atoms with Crippen LogP contribution in [0.5, 0.6) is 0 Å². The SMILES string of the molecule is CCOP(=O)(OCC)[C@H]1CC(O)O[C@H](COCc2ccccc2)[C@H]1OCc1ccccc1. The quantitative estimate of drug-likeness (QED) is 0.462. The number of hydrogen-bond donors (Lipinski definition) is 1. The first-order valence-corrected chi connectivity index (χ1v) is 12.7. The van der Waals surface area contributed by atoms with E-state index in [1.807, 2.05) is 60.7 Å². The minimum atomic E-state index is -3.56. The third kappa shape index (κ3) is 6.96. The van der Waals surface area contributed by atoms with Crippen molar-refractivity contribution in [3.05, 3.63) is 71.8 Å². The number of hydrogen-bond acceptors (Lipinski definition) is 7. The van der Waals surface area contributed by atoms with Gasteiger partial charge in [-0.2, -0.15) is 0 Å². The van der Waals surface area contributed by atoms with Gasteiger partial charge in [0, 0.05) is 6.42 Å². The Balaban J connectivity index is 1.78. The van der Waals surface area contributed by atoms with Crippen LogP contribution in [0, 0.1) is 0 Å². The fourth-order valence-electron chi connectivity index (χ4n) is 3.81. The smallest absolute Gasteiger partial charge is 0.336 e. The third-order valence-corrected chi connectivity index (χ3v) is 7.78. The van der Waals surface area contributed by atoms with E-state index in [4.69, 9.17) is 23.3 Å². The van der Waals surface area contributed by atoms with Crippen LogP contribution in [0.15, 0.2) is 60.7 Å². The summed E-state index contributed by atoms with van der Waals surface area (Å²) in [6.45, 7) is 4.84. The van der Waals surface area contributed by atoms with Crippen LogP contribution in [0.2, 0.25) is 0 Å². The number of ether oxygens (including phenoxy) is 3. The van der Waals surface area contributed by atoms with Crippen molar-refractivity contribution in [1.82, 2.24) is 0 Å². The second-order valence-electron chi connectivity index (χ2n) is 7.57. The summed E-state index contributed by atoms with van der Waals surface area (Å²) in [4.78, 5) is 0. The molecule has 176 valence electrons. The summed E-state index contributed by atoms with van der Waals surface area (Å²) in [5, 5.41) is 10.4. The normalized spacial score (nSPS) is 23.8. The fourth-order valence-corrected chi connectivity index (χ4v) is 6.06. The largest absolute Gasteiger partial charge is 0.374 e. The molecule has 2 aromatic carbocycles. The van der Waals surface area contributed by atoms with E-state index in [-0.39, 0.29) is 26.2 Å². The topological polar surface area (TPSA) is 83.5 Å². The zero-order valence-corrected chi connectivity index (χ0v) is 19.6. The molecule has 0 saturated carbocycles. The van der Waals surface area contributed by atoms with Crippen molar-refractivity contribution in [2.24, 2.45) is 0 Å². The van der Waals surface area contributed by atoms with Gasteiger partial charge in [-0.25, -0.2) is 0 Å². The zero-order valence-electron chi connectivity index (χ0n) is 18.7. The van der Waals surface area contributed by atoms with Gasteiger partial charge < -0.3 is 28.4 Å². The molecule has 1 aliphatic heterocycles. The maximum Gasteiger partial charge on any atom is 0.336 e. The van der Waals surface area contributed by atoms with Gasteiger partial charge in [-0.3, -0.25) is 4.57 Å². The van der Waals surface area contributed by atoms with E-state index < -0.39 is 31.8 Å². The first-order valence-electron chi connectivity index (χ1n) is 11.0. The van der Waals surface area contributed by atoms with E-state index in [0.29, 0.717) is 13.2 Å². The summed E-state index contributed by atoms with van der Waals surface area (Å²) in [5.74, 6) is 0. The highest BCUT2D eigenvalue weighted by Gasteiger charge is 2.50. The molecule has 7 nitrogen and oxygen atoms in total. The van der Waals surface area contributed by atoms with E-state index >= 15 is 0 Å². The van der Waals surface area contributed by atoms with Crippen molar-refractivity contribution in [3.63, 3.8) is 0 Å². The molecule has 1 N–H and O–H groups in total. The van der Waals surface area contributed by atoms with Gasteiger partial charge in [0.05, 0.1) is 38.7 Å². The molecule has 2 aromatic rings. The van der Waals surface area contributed by atoms with Gasteiger partial charge in [0.2, 0.25) is 0 Å². The summed E-state index contributed by atoms with van der Waals surface area (Å²) in [6.07, 6.45) is -2.30. The number of aliphatic hydroxyl groups is 1. The number of benzene rings is 2. The van der Waals surface area contributed by atoms with Gasteiger partial charge in [0.15, 0.2) is 6.29 Å². The molecule has 0 bridgehead atoms. The second kappa shape index (κ2) is 12.6. The summed E-state index contributed by atoms with van der Waals surface area (Å²) >= 11 is 0. The van der Waals surface area contributed by atoms with Crippen LogP contribution in [0.25, 0.3) is 0 Å². The lowest BCUT2D eigenvalue weighted by Gasteiger charge is -2.42. The van der Waals surface area contributed by atoms with Crippen LogP contribution in [0.3, 0.4) is 0 Å². The Kier molecular flexibility index (Phi) is 9.88. The molecule has 4 atom stereocenters. The molecule has 1 saturated heterocycles. The van der Waals surface area contributed by atoms with Crippen molar-refractivity contribution in [3.8, 4) is 0 Å². The highest BCUT2D eigenvalue weighted by atomic mass is 31.2. The van der Waals surface area contributed by atoms with Crippen molar-refractivity contribution >= 4 is 7.60 Å². The minimum absolute atomic E-state index is 0.0892. The first-order chi connectivity index (χ1) is 15.6. The van der Waals surface area contributed by atoms with E-state index in [2.05, 4.69) is 0 Å². The molecule has 3 rings (SSSR count). The van der Waals surface area contributed by atoms with Gasteiger partial charge in [-0.15, -0.1) is 0 Å². The van der Waals surface area contributed by atoms with Crippen molar-refractivity contribution in [2.75, 3.05) is 19.8 Å². The van der Waals surface area contributed by atoms with Crippen LogP contribution in [0.1, 0.15) is 31.4 Å². The van der Waals surface area contributed by atoms with Crippen molar-refractivity contribution < 1.29 is 32.9 Å². The number of aliphatic hydroxyl groups excluding tert-OH is 1. The van der Waals surface area contributed by atoms with E-state index in [9.17, 15) is 9.67 Å². The Morgan fingerprint density at radius 1 is 0.938 bits per heavy atom. The molecule has 1 heterocycles. The Hall–Kier alpha value is -1.57. The highest BCUT2D eigenvalue weighted by Crippen LogP contribution is 2.58. The van der Waals surface area contributed by atoms with Crippen LogP contribution < -0.4 is 0 Å². The lowest BCUT2D eigenvalue weighted by Crippen LogP contribution is -2.51. The minimum Gasteiger partial charge on any atom is -0.374 e. The Labute approximate surface area is 190 Å². The van der Waals surface area contributed by atoms with E-state index in [1.165, 1.54) is 0 Å². The van der Waals surface area contributed by atoms with Gasteiger partial charge in [0.1, 0.15) is 12.2 Å². The summed E-state index contributed by atoms with van der Waals surface area (Å²) in [6, 6.07) is 19.5. The molecular weight excluding hydrogens is 431 g/mol. The third-order valence-electron chi connectivity index (χ3n) is 5.22. The average Bonchev–Trinajstić information content (AvgIpc) is 2.80. The average molecular weight is 464 g/mol. The molecule has 0 aliphatic carbocycles. The van der Waals surface area contributed by atoms with Crippen molar-refractivity contribution in [1.29, 1.82) is 0 Å². The van der Waals surface area contributed by atoms with Gasteiger partial charge in [-0.1, -0.05) is 60.7 Å². The predicted octanol–water partition coefficient (Wildman–Crippen LogP) is 4.53. The maximum atomic E-state index is 13.6. The van der Waals surface area contributed by atoms with Crippen LogP contribution in [0.4, 0.5) is 0 Å².